The molecule has 0 unspecified atom stereocenters. The lowest BCUT2D eigenvalue weighted by atomic mass is 10.0. The van der Waals surface area contributed by atoms with Gasteiger partial charge in [0.15, 0.2) is 17.3 Å². The number of anilines is 1. The van der Waals surface area contributed by atoms with Crippen molar-refractivity contribution in [3.63, 3.8) is 0 Å². The highest BCUT2D eigenvalue weighted by Gasteiger charge is 2.26. The van der Waals surface area contributed by atoms with Crippen molar-refractivity contribution in [2.75, 3.05) is 25.6 Å². The molecule has 202 valence electrons. The number of carboxylic acid groups (broad SMARTS) is 1. The normalized spacial score (nSPS) is 11.6. The second-order valence-electron chi connectivity index (χ2n) is 8.21. The average molecular weight is 537 g/mol. The van der Waals surface area contributed by atoms with Crippen molar-refractivity contribution < 1.29 is 28.9 Å². The maximum absolute atomic E-state index is 15.5. The van der Waals surface area contributed by atoms with Crippen LogP contribution in [-0.4, -0.2) is 57.1 Å². The lowest BCUT2D eigenvalue weighted by Crippen LogP contribution is -2.18. The molecule has 1 aromatic heterocycles. The molecule has 0 radical (unpaired) electrons. The summed E-state index contributed by atoms with van der Waals surface area (Å²) < 4.78 is 27.1. The molecular weight excluding hydrogens is 511 g/mol. The summed E-state index contributed by atoms with van der Waals surface area (Å²) in [5.74, 6) is -1.92. The number of ether oxygens (including phenoxy) is 2. The summed E-state index contributed by atoms with van der Waals surface area (Å²) in [7, 11) is 1.37. The number of carbonyl (C=O) groups is 1. The number of hydrogen-bond donors (Lipinski definition) is 6. The number of aromatic carboxylic acids is 1. The third-order valence-corrected chi connectivity index (χ3v) is 5.72. The van der Waals surface area contributed by atoms with E-state index in [-0.39, 0.29) is 53.2 Å². The summed E-state index contributed by atoms with van der Waals surface area (Å²) in [6, 6.07) is 13.6. The summed E-state index contributed by atoms with van der Waals surface area (Å²) in [6.45, 7) is -0.372. The Balaban J connectivity index is 1.85. The van der Waals surface area contributed by atoms with Crippen LogP contribution in [0, 0.1) is 11.2 Å². The fourth-order valence-corrected chi connectivity index (χ4v) is 3.88. The fraction of sp³-hybridized carbons (Fsp3) is 0.154. The smallest absolute Gasteiger partial charge is 0.348 e. The third kappa shape index (κ3) is 5.72. The second kappa shape index (κ2) is 11.5. The van der Waals surface area contributed by atoms with E-state index in [1.54, 1.807) is 30.3 Å². The van der Waals surface area contributed by atoms with Gasteiger partial charge in [-0.2, -0.15) is 4.68 Å². The average Bonchev–Trinajstić information content (AvgIpc) is 3.32. The third-order valence-electron chi connectivity index (χ3n) is 5.72. The van der Waals surface area contributed by atoms with E-state index in [2.05, 4.69) is 15.4 Å². The quantitative estimate of drug-likeness (QED) is 0.123. The van der Waals surface area contributed by atoms with Crippen molar-refractivity contribution in [2.24, 2.45) is 5.73 Å². The first-order valence-corrected chi connectivity index (χ1v) is 11.6. The number of nitrogens with two attached hydrogens (primary N) is 1. The Morgan fingerprint density at radius 2 is 1.92 bits per heavy atom. The van der Waals surface area contributed by atoms with Gasteiger partial charge in [-0.25, -0.2) is 14.0 Å². The largest absolute Gasteiger partial charge is 0.493 e. The van der Waals surface area contributed by atoms with Crippen LogP contribution in [0.1, 0.15) is 33.4 Å². The Kier molecular flexibility index (Phi) is 7.91. The number of aliphatic hydroxyl groups excluding tert-OH is 1. The predicted octanol–water partition coefficient (Wildman–Crippen LogP) is 2.26. The molecule has 3 aromatic carbocycles. The predicted molar refractivity (Wildman–Crippen MR) is 140 cm³/mol. The monoisotopic (exact) mass is 536 g/mol. The van der Waals surface area contributed by atoms with E-state index in [1.807, 2.05) is 0 Å². The van der Waals surface area contributed by atoms with Crippen LogP contribution in [0.3, 0.4) is 0 Å². The number of carboxylic acids is 1. The molecule has 12 nitrogen and oxygen atoms in total. The molecule has 0 amide bonds. The van der Waals surface area contributed by atoms with Crippen molar-refractivity contribution >= 4 is 17.5 Å². The summed E-state index contributed by atoms with van der Waals surface area (Å²) in [6.07, 6.45) is 0. The molecule has 0 spiro atoms. The van der Waals surface area contributed by atoms with Crippen LogP contribution in [0.2, 0.25) is 0 Å². The van der Waals surface area contributed by atoms with Gasteiger partial charge in [0.25, 0.3) is 0 Å². The number of nitrogen functional groups attached to an aromatic ring is 1. The Morgan fingerprint density at radius 1 is 1.21 bits per heavy atom. The van der Waals surface area contributed by atoms with Gasteiger partial charge < -0.3 is 30.7 Å². The fourth-order valence-electron chi connectivity index (χ4n) is 3.88. The van der Waals surface area contributed by atoms with Crippen LogP contribution in [0.5, 0.6) is 11.5 Å². The number of halogens is 1. The van der Waals surface area contributed by atoms with E-state index in [9.17, 15) is 14.7 Å². The zero-order chi connectivity index (χ0) is 28.1. The van der Waals surface area contributed by atoms with Gasteiger partial charge in [0.1, 0.15) is 24.3 Å². The van der Waals surface area contributed by atoms with Crippen molar-refractivity contribution in [1.82, 2.24) is 14.8 Å². The molecule has 0 fully saturated rings. The summed E-state index contributed by atoms with van der Waals surface area (Å²) >= 11 is 0. The van der Waals surface area contributed by atoms with Gasteiger partial charge in [0, 0.05) is 22.9 Å². The first kappa shape index (κ1) is 26.9. The first-order chi connectivity index (χ1) is 18.7. The van der Waals surface area contributed by atoms with E-state index < -0.39 is 23.5 Å². The Bertz CT molecular complexity index is 1570. The van der Waals surface area contributed by atoms with Crippen LogP contribution in [-0.2, 0) is 0 Å². The molecule has 0 aliphatic heterocycles. The summed E-state index contributed by atoms with van der Waals surface area (Å²) in [5, 5.41) is 33.6. The number of amidine groups is 1. The number of para-hydroxylation sites is 1. The minimum atomic E-state index is -1.25. The molecule has 0 aliphatic rings. The maximum atomic E-state index is 15.5. The zero-order valence-corrected chi connectivity index (χ0v) is 20.6. The molecule has 1 atom stereocenters. The van der Waals surface area contributed by atoms with E-state index in [4.69, 9.17) is 25.7 Å². The van der Waals surface area contributed by atoms with Gasteiger partial charge >= 0.3 is 11.7 Å². The molecule has 4 aromatic rings. The first-order valence-electron chi connectivity index (χ1n) is 11.6. The number of benzene rings is 3. The number of H-pyrrole nitrogens is 1. The van der Waals surface area contributed by atoms with E-state index >= 15 is 4.39 Å². The number of aromatic amines is 1. The molecule has 1 heterocycles. The molecule has 7 N–H and O–H groups in total. The number of aliphatic hydroxyl groups is 1. The van der Waals surface area contributed by atoms with Crippen molar-refractivity contribution in [2.45, 2.75) is 6.04 Å². The Labute approximate surface area is 220 Å². The van der Waals surface area contributed by atoms with E-state index in [0.29, 0.717) is 11.3 Å². The highest BCUT2D eigenvalue weighted by atomic mass is 19.1. The van der Waals surface area contributed by atoms with Crippen molar-refractivity contribution in [3.8, 4) is 17.2 Å². The van der Waals surface area contributed by atoms with Crippen LogP contribution >= 0.6 is 0 Å². The van der Waals surface area contributed by atoms with Crippen molar-refractivity contribution in [1.29, 1.82) is 5.41 Å². The SMILES string of the molecule is COc1cc([C@H](Nc2ccc(C(=N)N)cc2)c2nn(-c3ccccc3C(=O)O)c(=O)[nH]2)c(F)cc1OCCO. The van der Waals surface area contributed by atoms with Crippen molar-refractivity contribution in [3.05, 3.63) is 99.5 Å². The molecule has 0 saturated carbocycles. The molecule has 4 rings (SSSR count). The van der Waals surface area contributed by atoms with Crippen LogP contribution in [0.15, 0.2) is 65.5 Å². The lowest BCUT2D eigenvalue weighted by Gasteiger charge is -2.21. The Hall–Kier alpha value is -5.17. The Morgan fingerprint density at radius 3 is 2.56 bits per heavy atom. The minimum Gasteiger partial charge on any atom is -0.493 e. The number of methoxy groups -OCH3 is 1. The number of nitrogens with zero attached hydrogens (tertiary/aromatic N) is 2. The second-order valence-corrected chi connectivity index (χ2v) is 8.21. The van der Waals surface area contributed by atoms with Gasteiger partial charge in [-0.15, -0.1) is 5.10 Å². The highest BCUT2D eigenvalue weighted by Crippen LogP contribution is 2.35. The van der Waals surface area contributed by atoms with Gasteiger partial charge in [-0.3, -0.25) is 10.4 Å². The highest BCUT2D eigenvalue weighted by molar-refractivity contribution is 5.95. The number of aromatic nitrogens is 3. The number of nitrogens with one attached hydrogen (secondary N) is 3. The standard InChI is InChI=1S/C26H25FN6O6/c1-38-20-12-17(18(27)13-21(20)39-11-10-34)22(30-15-8-6-14(7-9-15)23(28)29)24-31-26(37)33(32-24)19-5-3-2-4-16(19)25(35)36/h2-9,12-13,22,30,34H,10-11H2,1H3,(H3,28,29)(H,35,36)(H,31,32,37)/t22-/m0/s1. The molecule has 0 aliphatic carbocycles. The maximum Gasteiger partial charge on any atom is 0.348 e. The van der Waals surface area contributed by atoms with Gasteiger partial charge in [-0.05, 0) is 42.5 Å². The molecule has 13 heteroatoms. The van der Waals surface area contributed by atoms with Gasteiger partial charge in [0.2, 0.25) is 0 Å². The number of hydrogen-bond acceptors (Lipinski definition) is 8. The van der Waals surface area contributed by atoms with Crippen LogP contribution in [0.4, 0.5) is 10.1 Å². The minimum absolute atomic E-state index is 0.0197. The lowest BCUT2D eigenvalue weighted by molar-refractivity contribution is 0.0696. The van der Waals surface area contributed by atoms with Crippen LogP contribution in [0.25, 0.3) is 5.69 Å². The van der Waals surface area contributed by atoms with Crippen LogP contribution < -0.4 is 26.2 Å². The van der Waals surface area contributed by atoms with E-state index in [1.165, 1.54) is 31.4 Å². The molecule has 0 bridgehead atoms. The molecule has 0 saturated heterocycles. The summed E-state index contributed by atoms with van der Waals surface area (Å²) in [5.41, 5.74) is 5.63. The number of rotatable bonds is 11. The summed E-state index contributed by atoms with van der Waals surface area (Å²) in [4.78, 5) is 27.2. The molecule has 39 heavy (non-hydrogen) atoms. The zero-order valence-electron chi connectivity index (χ0n) is 20.6. The molecular formula is C26H25FN6O6. The van der Waals surface area contributed by atoms with Gasteiger partial charge in [0.05, 0.1) is 25.0 Å². The van der Waals surface area contributed by atoms with E-state index in [0.717, 1.165) is 10.7 Å². The van der Waals surface area contributed by atoms with Gasteiger partial charge in [-0.1, -0.05) is 12.1 Å². The topological polar surface area (TPSA) is 189 Å².